The van der Waals surface area contributed by atoms with Crippen LogP contribution in [0.2, 0.25) is 0 Å². The summed E-state index contributed by atoms with van der Waals surface area (Å²) in [5, 5.41) is 12.6. The predicted octanol–water partition coefficient (Wildman–Crippen LogP) is 4.24. The molecule has 2 heterocycles. The molecule has 0 saturated carbocycles. The number of hydrogen-bond acceptors (Lipinski definition) is 7. The Morgan fingerprint density at radius 2 is 1.83 bits per heavy atom. The number of piperidine rings is 1. The number of ether oxygens (including phenoxy) is 2. The number of hydrogen-bond donors (Lipinski definition) is 0. The molecule has 0 N–H and O–H groups in total. The minimum absolute atomic E-state index is 0.0103. The van der Waals surface area contributed by atoms with E-state index in [9.17, 15) is 14.9 Å². The fraction of sp³-hybridized carbons (Fsp3) is 0.333. The average Bonchev–Trinajstić information content (AvgIpc) is 3.22. The summed E-state index contributed by atoms with van der Waals surface area (Å²) < 4.78 is 11.5. The third-order valence-electron chi connectivity index (χ3n) is 5.37. The van der Waals surface area contributed by atoms with Gasteiger partial charge in [0.15, 0.2) is 11.5 Å². The van der Waals surface area contributed by atoms with Gasteiger partial charge in [0, 0.05) is 25.1 Å². The fourth-order valence-corrected chi connectivity index (χ4v) is 4.89. The van der Waals surface area contributed by atoms with Crippen LogP contribution in [-0.2, 0) is 0 Å². The van der Waals surface area contributed by atoms with Crippen molar-refractivity contribution in [1.29, 1.82) is 0 Å². The van der Waals surface area contributed by atoms with Crippen LogP contribution in [0, 0.1) is 10.1 Å². The van der Waals surface area contributed by atoms with Gasteiger partial charge in [0.2, 0.25) is 0 Å². The lowest BCUT2D eigenvalue weighted by atomic mass is 9.96. The molecule has 8 nitrogen and oxygen atoms in total. The molecule has 4 rings (SSSR count). The second-order valence-electron chi connectivity index (χ2n) is 7.07. The second-order valence-corrected chi connectivity index (χ2v) is 8.13. The molecule has 156 valence electrons. The van der Waals surface area contributed by atoms with E-state index in [4.69, 9.17) is 14.5 Å². The molecule has 0 atom stereocenters. The highest BCUT2D eigenvalue weighted by molar-refractivity contribution is 7.18. The lowest BCUT2D eigenvalue weighted by Gasteiger charge is -2.31. The standard InChI is InChI=1S/C21H21N3O5S/c1-28-17-11-14(16(24(26)27)12-18(17)29-2)21(25)23-9-7-13(8-10-23)20-22-15-5-3-4-6-19(15)30-20/h3-6,11-13H,7-10H2,1-2H3. The summed E-state index contributed by atoms with van der Waals surface area (Å²) in [4.78, 5) is 30.5. The normalized spacial score (nSPS) is 14.7. The van der Waals surface area contributed by atoms with Crippen molar-refractivity contribution in [2.75, 3.05) is 27.3 Å². The highest BCUT2D eigenvalue weighted by Crippen LogP contribution is 2.37. The summed E-state index contributed by atoms with van der Waals surface area (Å²) in [5.74, 6) is 0.420. The van der Waals surface area contributed by atoms with E-state index in [2.05, 4.69) is 6.07 Å². The molecule has 1 amide bonds. The number of rotatable bonds is 5. The molecular formula is C21H21N3O5S. The molecule has 0 unspecified atom stereocenters. The highest BCUT2D eigenvalue weighted by Gasteiger charge is 2.31. The van der Waals surface area contributed by atoms with Gasteiger partial charge in [0.25, 0.3) is 11.6 Å². The van der Waals surface area contributed by atoms with Crippen LogP contribution in [0.4, 0.5) is 5.69 Å². The van der Waals surface area contributed by atoms with E-state index in [0.717, 1.165) is 28.1 Å². The summed E-state index contributed by atoms with van der Waals surface area (Å²) in [6, 6.07) is 10.7. The Labute approximate surface area is 177 Å². The van der Waals surface area contributed by atoms with Gasteiger partial charge >= 0.3 is 0 Å². The quantitative estimate of drug-likeness (QED) is 0.446. The van der Waals surface area contributed by atoms with Crippen LogP contribution in [0.3, 0.4) is 0 Å². The van der Waals surface area contributed by atoms with Crippen LogP contribution < -0.4 is 9.47 Å². The van der Waals surface area contributed by atoms with Crippen molar-refractivity contribution in [3.8, 4) is 11.5 Å². The van der Waals surface area contributed by atoms with Crippen LogP contribution in [0.1, 0.15) is 34.1 Å². The summed E-state index contributed by atoms with van der Waals surface area (Å²) in [6.45, 7) is 1.04. The van der Waals surface area contributed by atoms with Gasteiger partial charge in [-0.05, 0) is 25.0 Å². The van der Waals surface area contributed by atoms with Gasteiger partial charge in [-0.1, -0.05) is 12.1 Å². The van der Waals surface area contributed by atoms with Crippen molar-refractivity contribution in [1.82, 2.24) is 9.88 Å². The van der Waals surface area contributed by atoms with Gasteiger partial charge in [0.05, 0.1) is 40.4 Å². The molecule has 1 aliphatic rings. The van der Waals surface area contributed by atoms with E-state index in [1.807, 2.05) is 18.2 Å². The maximum absolute atomic E-state index is 13.1. The Balaban J connectivity index is 1.53. The summed E-state index contributed by atoms with van der Waals surface area (Å²) in [7, 11) is 2.83. The molecule has 9 heteroatoms. The Hall–Kier alpha value is -3.20. The van der Waals surface area contributed by atoms with Gasteiger partial charge < -0.3 is 14.4 Å². The molecule has 1 aliphatic heterocycles. The Kier molecular flexibility index (Phi) is 5.54. The zero-order chi connectivity index (χ0) is 21.3. The van der Waals surface area contributed by atoms with Crippen LogP contribution >= 0.6 is 11.3 Å². The van der Waals surface area contributed by atoms with Crippen LogP contribution in [0.15, 0.2) is 36.4 Å². The van der Waals surface area contributed by atoms with Gasteiger partial charge in [0.1, 0.15) is 5.56 Å². The number of para-hydroxylation sites is 1. The first kappa shape index (κ1) is 20.1. The molecule has 1 aromatic heterocycles. The van der Waals surface area contributed by atoms with E-state index >= 15 is 0 Å². The molecule has 30 heavy (non-hydrogen) atoms. The molecule has 0 radical (unpaired) electrons. The molecule has 0 aliphatic carbocycles. The number of thiazole rings is 1. The van der Waals surface area contributed by atoms with Crippen molar-refractivity contribution >= 4 is 33.1 Å². The van der Waals surface area contributed by atoms with Crippen LogP contribution in [-0.4, -0.2) is 48.0 Å². The SMILES string of the molecule is COc1cc(C(=O)N2CCC(c3nc4ccccc4s3)CC2)c([N+](=O)[O-])cc1OC. The van der Waals surface area contributed by atoms with Crippen LogP contribution in [0.25, 0.3) is 10.2 Å². The number of amides is 1. The van der Waals surface area contributed by atoms with Crippen molar-refractivity contribution in [3.63, 3.8) is 0 Å². The van der Waals surface area contributed by atoms with Crippen molar-refractivity contribution < 1.29 is 19.2 Å². The summed E-state index contributed by atoms with van der Waals surface area (Å²) in [6.07, 6.45) is 1.54. The molecule has 0 spiro atoms. The van der Waals surface area contributed by atoms with Gasteiger partial charge in [-0.25, -0.2) is 4.98 Å². The molecule has 1 saturated heterocycles. The molecular weight excluding hydrogens is 406 g/mol. The minimum Gasteiger partial charge on any atom is -0.493 e. The van der Waals surface area contributed by atoms with Gasteiger partial charge in [-0.15, -0.1) is 11.3 Å². The van der Waals surface area contributed by atoms with E-state index in [1.54, 1.807) is 16.2 Å². The zero-order valence-corrected chi connectivity index (χ0v) is 17.5. The largest absolute Gasteiger partial charge is 0.493 e. The Morgan fingerprint density at radius 1 is 1.17 bits per heavy atom. The monoisotopic (exact) mass is 427 g/mol. The third-order valence-corrected chi connectivity index (χ3v) is 6.57. The molecule has 1 fully saturated rings. The van der Waals surface area contributed by atoms with E-state index in [-0.39, 0.29) is 34.6 Å². The Bertz CT molecular complexity index is 1070. The average molecular weight is 427 g/mol. The third kappa shape index (κ3) is 3.68. The molecule has 2 aromatic carbocycles. The minimum atomic E-state index is -0.566. The van der Waals surface area contributed by atoms with Crippen LogP contribution in [0.5, 0.6) is 11.5 Å². The topological polar surface area (TPSA) is 94.8 Å². The maximum atomic E-state index is 13.1. The smallest absolute Gasteiger partial charge is 0.286 e. The number of nitro benzene ring substituents is 1. The van der Waals surface area contributed by atoms with E-state index in [1.165, 1.54) is 26.4 Å². The lowest BCUT2D eigenvalue weighted by Crippen LogP contribution is -2.38. The molecule has 3 aromatic rings. The van der Waals surface area contributed by atoms with E-state index < -0.39 is 4.92 Å². The Morgan fingerprint density at radius 3 is 2.47 bits per heavy atom. The number of benzene rings is 2. The lowest BCUT2D eigenvalue weighted by molar-refractivity contribution is -0.385. The van der Waals surface area contributed by atoms with Crippen molar-refractivity contribution in [2.45, 2.75) is 18.8 Å². The van der Waals surface area contributed by atoms with Gasteiger partial charge in [-0.3, -0.25) is 14.9 Å². The maximum Gasteiger partial charge on any atom is 0.286 e. The molecule has 0 bridgehead atoms. The van der Waals surface area contributed by atoms with Crippen molar-refractivity contribution in [3.05, 3.63) is 57.1 Å². The number of nitrogens with zero attached hydrogens (tertiary/aromatic N) is 3. The van der Waals surface area contributed by atoms with E-state index in [0.29, 0.717) is 13.1 Å². The first-order valence-corrected chi connectivity index (χ1v) is 10.4. The number of nitro groups is 1. The summed E-state index contributed by atoms with van der Waals surface area (Å²) >= 11 is 1.69. The van der Waals surface area contributed by atoms with Gasteiger partial charge in [-0.2, -0.15) is 0 Å². The number of methoxy groups -OCH3 is 2. The van der Waals surface area contributed by atoms with Crippen molar-refractivity contribution in [2.24, 2.45) is 0 Å². The predicted molar refractivity (Wildman–Crippen MR) is 114 cm³/mol. The number of carbonyl (C=O) groups is 1. The number of carbonyl (C=O) groups excluding carboxylic acids is 1. The number of aromatic nitrogens is 1. The number of fused-ring (bicyclic) bond motifs is 1. The fourth-order valence-electron chi connectivity index (χ4n) is 3.76. The first-order valence-electron chi connectivity index (χ1n) is 9.57. The first-order chi connectivity index (χ1) is 14.5. The second kappa shape index (κ2) is 8.27. The summed E-state index contributed by atoms with van der Waals surface area (Å²) in [5.41, 5.74) is 0.721. The zero-order valence-electron chi connectivity index (χ0n) is 16.7. The number of likely N-dealkylation sites (tertiary alicyclic amines) is 1. The highest BCUT2D eigenvalue weighted by atomic mass is 32.1.